The van der Waals surface area contributed by atoms with E-state index in [2.05, 4.69) is 4.98 Å². The van der Waals surface area contributed by atoms with E-state index in [1.54, 1.807) is 12.4 Å². The highest BCUT2D eigenvalue weighted by molar-refractivity contribution is 5.33. The van der Waals surface area contributed by atoms with Gasteiger partial charge in [-0.25, -0.2) is 0 Å². The van der Waals surface area contributed by atoms with Crippen LogP contribution in [0, 0.1) is 0 Å². The van der Waals surface area contributed by atoms with E-state index in [1.807, 2.05) is 50.2 Å². The van der Waals surface area contributed by atoms with Crippen molar-refractivity contribution in [1.29, 1.82) is 0 Å². The maximum atomic E-state index is 6.03. The monoisotopic (exact) mass is 272 g/mol. The van der Waals surface area contributed by atoms with E-state index in [9.17, 15) is 0 Å². The third-order valence-electron chi connectivity index (χ3n) is 2.87. The average molecular weight is 272 g/mol. The Morgan fingerprint density at radius 2 is 2.00 bits per heavy atom. The SMILES string of the molecule is CCOc1cccc(OC(c2cccnc2)C(C)N)c1. The van der Waals surface area contributed by atoms with Gasteiger partial charge in [-0.3, -0.25) is 4.98 Å². The molecule has 0 aliphatic carbocycles. The van der Waals surface area contributed by atoms with E-state index in [-0.39, 0.29) is 12.1 Å². The van der Waals surface area contributed by atoms with Crippen molar-refractivity contribution in [2.75, 3.05) is 6.61 Å². The minimum Gasteiger partial charge on any atom is -0.494 e. The molecule has 2 aromatic rings. The summed E-state index contributed by atoms with van der Waals surface area (Å²) in [7, 11) is 0. The largest absolute Gasteiger partial charge is 0.494 e. The Kier molecular flexibility index (Phi) is 4.96. The summed E-state index contributed by atoms with van der Waals surface area (Å²) >= 11 is 0. The predicted octanol–water partition coefficient (Wildman–Crippen LogP) is 2.95. The van der Waals surface area contributed by atoms with E-state index < -0.39 is 0 Å². The molecule has 1 heterocycles. The van der Waals surface area contributed by atoms with Gasteiger partial charge in [-0.15, -0.1) is 0 Å². The lowest BCUT2D eigenvalue weighted by Crippen LogP contribution is -2.29. The second-order valence-electron chi connectivity index (χ2n) is 4.59. The molecule has 0 amide bonds. The van der Waals surface area contributed by atoms with Crippen molar-refractivity contribution < 1.29 is 9.47 Å². The van der Waals surface area contributed by atoms with Crippen LogP contribution in [-0.4, -0.2) is 17.6 Å². The molecule has 2 unspecified atom stereocenters. The molecule has 2 rings (SSSR count). The van der Waals surface area contributed by atoms with E-state index in [1.165, 1.54) is 0 Å². The standard InChI is InChI=1S/C16H20N2O2/c1-3-19-14-7-4-8-15(10-14)20-16(12(2)17)13-6-5-9-18-11-13/h4-12,16H,3,17H2,1-2H3. The summed E-state index contributed by atoms with van der Waals surface area (Å²) in [4.78, 5) is 4.12. The molecular formula is C16H20N2O2. The summed E-state index contributed by atoms with van der Waals surface area (Å²) in [5.74, 6) is 1.53. The van der Waals surface area contributed by atoms with Gasteiger partial charge in [0.15, 0.2) is 0 Å². The number of nitrogens with zero attached hydrogens (tertiary/aromatic N) is 1. The minimum absolute atomic E-state index is 0.144. The van der Waals surface area contributed by atoms with Gasteiger partial charge in [0.25, 0.3) is 0 Å². The van der Waals surface area contributed by atoms with Crippen molar-refractivity contribution in [2.45, 2.75) is 26.0 Å². The molecule has 2 N–H and O–H groups in total. The van der Waals surface area contributed by atoms with E-state index in [4.69, 9.17) is 15.2 Å². The molecule has 0 bridgehead atoms. The lowest BCUT2D eigenvalue weighted by molar-refractivity contribution is 0.179. The maximum Gasteiger partial charge on any atom is 0.140 e. The Morgan fingerprint density at radius 3 is 2.65 bits per heavy atom. The number of pyridine rings is 1. The quantitative estimate of drug-likeness (QED) is 0.878. The van der Waals surface area contributed by atoms with Crippen LogP contribution in [0.1, 0.15) is 25.5 Å². The van der Waals surface area contributed by atoms with Gasteiger partial charge in [0.1, 0.15) is 17.6 Å². The lowest BCUT2D eigenvalue weighted by Gasteiger charge is -2.22. The summed E-state index contributed by atoms with van der Waals surface area (Å²) < 4.78 is 11.5. The maximum absolute atomic E-state index is 6.03. The van der Waals surface area contributed by atoms with Gasteiger partial charge in [0, 0.05) is 30.1 Å². The van der Waals surface area contributed by atoms with Crippen molar-refractivity contribution >= 4 is 0 Å². The van der Waals surface area contributed by atoms with Crippen molar-refractivity contribution in [2.24, 2.45) is 5.73 Å². The first-order chi connectivity index (χ1) is 9.70. The summed E-state index contributed by atoms with van der Waals surface area (Å²) in [5.41, 5.74) is 6.99. The molecule has 1 aromatic heterocycles. The smallest absolute Gasteiger partial charge is 0.140 e. The number of benzene rings is 1. The molecule has 20 heavy (non-hydrogen) atoms. The summed E-state index contributed by atoms with van der Waals surface area (Å²) in [6, 6.07) is 11.3. The number of rotatable bonds is 6. The van der Waals surface area contributed by atoms with E-state index in [0.29, 0.717) is 6.61 Å². The van der Waals surface area contributed by atoms with Gasteiger partial charge >= 0.3 is 0 Å². The third kappa shape index (κ3) is 3.71. The van der Waals surface area contributed by atoms with Gasteiger partial charge in [-0.1, -0.05) is 12.1 Å². The topological polar surface area (TPSA) is 57.4 Å². The molecule has 0 fully saturated rings. The van der Waals surface area contributed by atoms with Crippen LogP contribution in [0.4, 0.5) is 0 Å². The molecule has 4 heteroatoms. The van der Waals surface area contributed by atoms with Crippen molar-refractivity contribution in [3.05, 3.63) is 54.4 Å². The van der Waals surface area contributed by atoms with Crippen molar-refractivity contribution in [3.8, 4) is 11.5 Å². The molecule has 0 spiro atoms. The zero-order valence-electron chi connectivity index (χ0n) is 11.8. The highest BCUT2D eigenvalue weighted by atomic mass is 16.5. The van der Waals surface area contributed by atoms with E-state index in [0.717, 1.165) is 17.1 Å². The number of aromatic nitrogens is 1. The van der Waals surface area contributed by atoms with Crippen LogP contribution < -0.4 is 15.2 Å². The third-order valence-corrected chi connectivity index (χ3v) is 2.87. The van der Waals surface area contributed by atoms with Crippen LogP contribution in [0.5, 0.6) is 11.5 Å². The molecule has 0 aliphatic heterocycles. The van der Waals surface area contributed by atoms with Crippen LogP contribution in [-0.2, 0) is 0 Å². The molecular weight excluding hydrogens is 252 g/mol. The van der Waals surface area contributed by atoms with Crippen molar-refractivity contribution in [3.63, 3.8) is 0 Å². The van der Waals surface area contributed by atoms with Gasteiger partial charge in [0.2, 0.25) is 0 Å². The second-order valence-corrected chi connectivity index (χ2v) is 4.59. The highest BCUT2D eigenvalue weighted by Gasteiger charge is 2.18. The molecule has 4 nitrogen and oxygen atoms in total. The van der Waals surface area contributed by atoms with Crippen LogP contribution in [0.25, 0.3) is 0 Å². The fraction of sp³-hybridized carbons (Fsp3) is 0.312. The van der Waals surface area contributed by atoms with Gasteiger partial charge in [-0.05, 0) is 32.0 Å². The Labute approximate surface area is 119 Å². The summed E-state index contributed by atoms with van der Waals surface area (Å²) in [6.07, 6.45) is 3.28. The Morgan fingerprint density at radius 1 is 1.20 bits per heavy atom. The Hall–Kier alpha value is -2.07. The fourth-order valence-electron chi connectivity index (χ4n) is 1.97. The summed E-state index contributed by atoms with van der Waals surface area (Å²) in [6.45, 7) is 4.50. The van der Waals surface area contributed by atoms with Crippen LogP contribution >= 0.6 is 0 Å². The van der Waals surface area contributed by atoms with Gasteiger partial charge < -0.3 is 15.2 Å². The Bertz CT molecular complexity index is 529. The van der Waals surface area contributed by atoms with Gasteiger partial charge in [0.05, 0.1) is 6.61 Å². The zero-order chi connectivity index (χ0) is 14.4. The number of hydrogen-bond acceptors (Lipinski definition) is 4. The lowest BCUT2D eigenvalue weighted by atomic mass is 10.1. The molecule has 1 aromatic carbocycles. The minimum atomic E-state index is -0.236. The molecule has 0 saturated heterocycles. The van der Waals surface area contributed by atoms with Crippen LogP contribution in [0.2, 0.25) is 0 Å². The van der Waals surface area contributed by atoms with Crippen LogP contribution in [0.3, 0.4) is 0 Å². The van der Waals surface area contributed by atoms with E-state index >= 15 is 0 Å². The molecule has 0 saturated carbocycles. The van der Waals surface area contributed by atoms with Crippen LogP contribution in [0.15, 0.2) is 48.8 Å². The number of hydrogen-bond donors (Lipinski definition) is 1. The zero-order valence-corrected chi connectivity index (χ0v) is 11.8. The fourth-order valence-corrected chi connectivity index (χ4v) is 1.97. The molecule has 0 aliphatic rings. The second kappa shape index (κ2) is 6.91. The molecule has 2 atom stereocenters. The van der Waals surface area contributed by atoms with Crippen molar-refractivity contribution in [1.82, 2.24) is 4.98 Å². The first kappa shape index (κ1) is 14.3. The first-order valence-corrected chi connectivity index (χ1v) is 6.75. The van der Waals surface area contributed by atoms with Gasteiger partial charge in [-0.2, -0.15) is 0 Å². The average Bonchev–Trinajstić information content (AvgIpc) is 2.46. The number of ether oxygens (including phenoxy) is 2. The molecule has 106 valence electrons. The normalized spacial score (nSPS) is 13.6. The first-order valence-electron chi connectivity index (χ1n) is 6.75. The molecule has 0 radical (unpaired) electrons. The highest BCUT2D eigenvalue weighted by Crippen LogP contribution is 2.26. The Balaban J connectivity index is 2.18. The predicted molar refractivity (Wildman–Crippen MR) is 78.9 cm³/mol. The number of nitrogens with two attached hydrogens (primary N) is 1. The summed E-state index contributed by atoms with van der Waals surface area (Å²) in [5, 5.41) is 0.